The molecule has 0 aliphatic carbocycles. The van der Waals surface area contributed by atoms with Crippen molar-refractivity contribution in [3.8, 4) is 0 Å². The molecule has 2 atom stereocenters. The second-order valence-electron chi connectivity index (χ2n) is 9.76. The largest absolute Gasteiger partial charge is 0.477 e. The minimum atomic E-state index is -3.65. The van der Waals surface area contributed by atoms with Crippen molar-refractivity contribution >= 4 is 38.5 Å². The number of nitrogens with zero attached hydrogens (tertiary/aromatic N) is 1. The Labute approximate surface area is 241 Å². The molecule has 39 heavy (non-hydrogen) atoms. The number of hydrogen-bond acceptors (Lipinski definition) is 7. The lowest BCUT2D eigenvalue weighted by Gasteiger charge is -2.26. The Bertz CT molecular complexity index is 1260. The third kappa shape index (κ3) is 10.6. The lowest BCUT2D eigenvalue weighted by Crippen LogP contribution is -2.49. The molecule has 0 radical (unpaired) electrons. The highest BCUT2D eigenvalue weighted by atomic mass is 127. The van der Waals surface area contributed by atoms with Gasteiger partial charge in [0.2, 0.25) is 15.9 Å². The third-order valence-electron chi connectivity index (χ3n) is 5.67. The summed E-state index contributed by atoms with van der Waals surface area (Å²) in [4.78, 5) is 15.4. The van der Waals surface area contributed by atoms with E-state index in [1.807, 2.05) is 24.3 Å². The number of hydrogen-bond donors (Lipinski definition) is 4. The monoisotopic (exact) mass is 678 g/mol. The van der Waals surface area contributed by atoms with E-state index < -0.39 is 39.7 Å². The van der Waals surface area contributed by atoms with Crippen LogP contribution in [0.2, 0.25) is 0 Å². The lowest BCUT2D eigenvalue weighted by molar-refractivity contribution is -0.122. The van der Waals surface area contributed by atoms with Crippen LogP contribution in [0, 0.1) is 21.1 Å². The van der Waals surface area contributed by atoms with Gasteiger partial charge in [-0.25, -0.2) is 17.2 Å². The van der Waals surface area contributed by atoms with E-state index in [0.29, 0.717) is 6.54 Å². The second kappa shape index (κ2) is 14.3. The molecule has 0 saturated carbocycles. The van der Waals surface area contributed by atoms with Crippen LogP contribution in [-0.2, 0) is 32.5 Å². The Hall–Kier alpha value is -2.33. The predicted molar refractivity (Wildman–Crippen MR) is 151 cm³/mol. The van der Waals surface area contributed by atoms with Gasteiger partial charge in [0, 0.05) is 22.7 Å². The van der Waals surface area contributed by atoms with E-state index in [4.69, 9.17) is 4.74 Å². The average molecular weight is 679 g/mol. The number of benzene rings is 2. The van der Waals surface area contributed by atoms with Crippen molar-refractivity contribution in [2.75, 3.05) is 19.0 Å². The highest BCUT2D eigenvalue weighted by molar-refractivity contribution is 14.1. The minimum absolute atomic E-state index is 0.0349. The summed E-state index contributed by atoms with van der Waals surface area (Å²) in [6.45, 7) is 4.02. The van der Waals surface area contributed by atoms with Crippen LogP contribution in [0.4, 0.5) is 8.78 Å². The molecule has 0 fully saturated rings. The first-order valence-electron chi connectivity index (χ1n) is 12.4. The first-order valence-corrected chi connectivity index (χ1v) is 15.1. The summed E-state index contributed by atoms with van der Waals surface area (Å²) in [5, 5.41) is 18.0. The number of halogens is 3. The zero-order chi connectivity index (χ0) is 28.6. The van der Waals surface area contributed by atoms with E-state index in [9.17, 15) is 27.1 Å². The molecule has 0 spiro atoms. The van der Waals surface area contributed by atoms with E-state index >= 15 is 0 Å². The van der Waals surface area contributed by atoms with Crippen LogP contribution in [0.15, 0.2) is 54.4 Å². The number of rotatable bonds is 14. The lowest BCUT2D eigenvalue weighted by atomic mass is 10.00. The molecule has 1 aliphatic rings. The van der Waals surface area contributed by atoms with E-state index in [0.717, 1.165) is 27.3 Å². The Morgan fingerprint density at radius 2 is 1.87 bits per heavy atom. The fourth-order valence-corrected chi connectivity index (χ4v) is 6.13. The molecular formula is C26H33F2IN4O5S. The van der Waals surface area contributed by atoms with Crippen molar-refractivity contribution in [1.29, 1.82) is 0 Å². The molecule has 0 unspecified atom stereocenters. The maximum absolute atomic E-state index is 13.8. The van der Waals surface area contributed by atoms with Crippen LogP contribution >= 0.6 is 22.6 Å². The van der Waals surface area contributed by atoms with E-state index in [1.54, 1.807) is 13.8 Å². The number of aliphatic hydroxyl groups excluding tert-OH is 1. The van der Waals surface area contributed by atoms with Gasteiger partial charge in [0.1, 0.15) is 17.9 Å². The SMILES string of the molecule is CC(C)CS(=O)(=O)NN1COC=C1CC(=O)N[C@@H](Cc1cc(F)cc(F)c1)[C@H](O)CNCc1cccc(I)c1. The van der Waals surface area contributed by atoms with Gasteiger partial charge >= 0.3 is 0 Å². The molecule has 2 aromatic rings. The van der Waals surface area contributed by atoms with Gasteiger partial charge in [-0.15, -0.1) is 4.83 Å². The zero-order valence-corrected chi connectivity index (χ0v) is 24.6. The van der Waals surface area contributed by atoms with Gasteiger partial charge in [-0.3, -0.25) is 9.80 Å². The fourth-order valence-electron chi connectivity index (χ4n) is 4.06. The van der Waals surface area contributed by atoms with E-state index in [2.05, 4.69) is 38.1 Å². The summed E-state index contributed by atoms with van der Waals surface area (Å²) in [5.41, 5.74) is 1.55. The molecule has 1 amide bonds. The molecule has 1 heterocycles. The van der Waals surface area contributed by atoms with Crippen LogP contribution in [0.5, 0.6) is 0 Å². The summed E-state index contributed by atoms with van der Waals surface area (Å²) in [7, 11) is -3.65. The molecule has 4 N–H and O–H groups in total. The normalized spacial score (nSPS) is 15.2. The van der Waals surface area contributed by atoms with Gasteiger partial charge in [-0.05, 0) is 70.3 Å². The van der Waals surface area contributed by atoms with Crippen molar-refractivity contribution in [2.45, 2.75) is 45.4 Å². The predicted octanol–water partition coefficient (Wildman–Crippen LogP) is 2.76. The zero-order valence-electron chi connectivity index (χ0n) is 21.7. The molecule has 9 nitrogen and oxygen atoms in total. The van der Waals surface area contributed by atoms with Crippen molar-refractivity contribution in [1.82, 2.24) is 20.5 Å². The quantitative estimate of drug-likeness (QED) is 0.227. The van der Waals surface area contributed by atoms with E-state index in [1.165, 1.54) is 11.3 Å². The van der Waals surface area contributed by atoms with Crippen LogP contribution in [0.1, 0.15) is 31.4 Å². The molecule has 214 valence electrons. The first kappa shape index (κ1) is 31.2. The Morgan fingerprint density at radius 1 is 1.15 bits per heavy atom. The number of nitrogens with one attached hydrogen (secondary N) is 3. The summed E-state index contributed by atoms with van der Waals surface area (Å²) in [6.07, 6.45) is -0.0983. The number of amides is 1. The summed E-state index contributed by atoms with van der Waals surface area (Å²) >= 11 is 2.20. The van der Waals surface area contributed by atoms with Crippen LogP contribution in [0.25, 0.3) is 0 Å². The number of carbonyl (C=O) groups is 1. The highest BCUT2D eigenvalue weighted by Crippen LogP contribution is 2.17. The highest BCUT2D eigenvalue weighted by Gasteiger charge is 2.27. The molecular weight excluding hydrogens is 645 g/mol. The fraction of sp³-hybridized carbons (Fsp3) is 0.423. The summed E-state index contributed by atoms with van der Waals surface area (Å²) < 4.78 is 58.6. The van der Waals surface area contributed by atoms with Crippen LogP contribution in [0.3, 0.4) is 0 Å². The molecule has 0 aromatic heterocycles. The molecule has 0 saturated heterocycles. The number of aliphatic hydroxyl groups is 1. The molecule has 2 aromatic carbocycles. The van der Waals surface area contributed by atoms with Gasteiger partial charge in [0.15, 0.2) is 6.73 Å². The maximum Gasteiger partial charge on any atom is 0.228 e. The Morgan fingerprint density at radius 3 is 2.54 bits per heavy atom. The standard InChI is InChI=1S/C26H33F2IN4O5S/c1-17(2)15-39(36,37)32-33-16-38-14-23(33)11-26(35)31-24(9-19-6-20(27)10-21(28)7-19)25(34)13-30-12-18-4-3-5-22(29)8-18/h3-8,10,14,17,24-25,30,32,34H,9,11-13,15-16H2,1-2H3,(H,31,35)/t24-,25+/m0/s1. The van der Waals surface area contributed by atoms with Crippen molar-refractivity contribution in [3.63, 3.8) is 0 Å². The van der Waals surface area contributed by atoms with Crippen molar-refractivity contribution in [2.24, 2.45) is 5.92 Å². The number of carbonyl (C=O) groups excluding carboxylic acids is 1. The Balaban J connectivity index is 1.66. The van der Waals surface area contributed by atoms with Crippen LogP contribution in [-0.4, -0.2) is 55.6 Å². The smallest absolute Gasteiger partial charge is 0.228 e. The molecule has 0 bridgehead atoms. The van der Waals surface area contributed by atoms with Gasteiger partial charge in [0.25, 0.3) is 0 Å². The first-order chi connectivity index (χ1) is 18.4. The van der Waals surface area contributed by atoms with Gasteiger partial charge in [0.05, 0.1) is 30.0 Å². The average Bonchev–Trinajstić information content (AvgIpc) is 3.22. The van der Waals surface area contributed by atoms with Gasteiger partial charge < -0.3 is 20.5 Å². The summed E-state index contributed by atoms with van der Waals surface area (Å²) in [5.74, 6) is -2.26. The Kier molecular flexibility index (Phi) is 11.5. The van der Waals surface area contributed by atoms with E-state index in [-0.39, 0.29) is 49.0 Å². The number of sulfonamides is 1. The van der Waals surface area contributed by atoms with Gasteiger partial charge in [-0.2, -0.15) is 0 Å². The van der Waals surface area contributed by atoms with Gasteiger partial charge in [-0.1, -0.05) is 26.0 Å². The maximum atomic E-state index is 13.8. The second-order valence-corrected chi connectivity index (χ2v) is 12.8. The topological polar surface area (TPSA) is 120 Å². The summed E-state index contributed by atoms with van der Waals surface area (Å²) in [6, 6.07) is 9.96. The molecule has 1 aliphatic heterocycles. The number of hydrazine groups is 1. The third-order valence-corrected chi connectivity index (χ3v) is 7.95. The van der Waals surface area contributed by atoms with Crippen LogP contribution < -0.4 is 15.5 Å². The van der Waals surface area contributed by atoms with Crippen molar-refractivity contribution in [3.05, 3.63) is 80.8 Å². The molecule has 3 rings (SSSR count). The minimum Gasteiger partial charge on any atom is -0.477 e. The number of ether oxygens (including phenoxy) is 1. The molecule has 13 heteroatoms. The van der Waals surface area contributed by atoms with Crippen molar-refractivity contribution < 1.29 is 31.8 Å².